The van der Waals surface area contributed by atoms with Gasteiger partial charge in [-0.3, -0.25) is 4.79 Å². The molecule has 4 heterocycles. The van der Waals surface area contributed by atoms with E-state index in [9.17, 15) is 4.79 Å². The normalized spacial score (nSPS) is 18.8. The zero-order valence-corrected chi connectivity index (χ0v) is 15.7. The van der Waals surface area contributed by atoms with E-state index in [4.69, 9.17) is 4.74 Å². The molecule has 0 bridgehead atoms. The summed E-state index contributed by atoms with van der Waals surface area (Å²) >= 11 is 1.69. The van der Waals surface area contributed by atoms with Crippen molar-refractivity contribution in [2.24, 2.45) is 0 Å². The summed E-state index contributed by atoms with van der Waals surface area (Å²) in [5.74, 6) is 1.84. The number of hydrogen-bond donors (Lipinski definition) is 0. The monoisotopic (exact) mass is 380 g/mol. The molecular weight excluding hydrogens is 360 g/mol. The van der Waals surface area contributed by atoms with E-state index in [1.807, 2.05) is 35.2 Å². The van der Waals surface area contributed by atoms with Crippen molar-refractivity contribution in [2.75, 3.05) is 13.2 Å². The number of hydrogen-bond acceptors (Lipinski definition) is 5. The molecule has 7 heteroatoms. The second kappa shape index (κ2) is 6.90. The molecule has 0 saturated heterocycles. The van der Waals surface area contributed by atoms with Crippen LogP contribution in [0.15, 0.2) is 41.8 Å². The summed E-state index contributed by atoms with van der Waals surface area (Å²) in [6.45, 7) is 2.58. The molecule has 2 aliphatic rings. The Kier molecular flexibility index (Phi) is 4.26. The number of carbonyl (C=O) groups is 1. The van der Waals surface area contributed by atoms with Crippen molar-refractivity contribution >= 4 is 17.2 Å². The lowest BCUT2D eigenvalue weighted by Gasteiger charge is -2.30. The van der Waals surface area contributed by atoms with Gasteiger partial charge < -0.3 is 14.2 Å². The van der Waals surface area contributed by atoms with Gasteiger partial charge in [0, 0.05) is 23.5 Å². The first-order valence-corrected chi connectivity index (χ1v) is 10.1. The van der Waals surface area contributed by atoms with Crippen LogP contribution in [0.1, 0.15) is 28.8 Å². The quantitative estimate of drug-likeness (QED) is 0.701. The van der Waals surface area contributed by atoms with E-state index in [1.165, 1.54) is 10.4 Å². The highest BCUT2D eigenvalue weighted by Gasteiger charge is 2.29. The van der Waals surface area contributed by atoms with Crippen LogP contribution in [0, 0.1) is 0 Å². The van der Waals surface area contributed by atoms with Crippen LogP contribution in [0.25, 0.3) is 11.4 Å². The molecule has 1 atom stereocenters. The van der Waals surface area contributed by atoms with Crippen molar-refractivity contribution in [3.05, 3.63) is 58.0 Å². The standard InChI is InChI=1S/C20H20N4O2S/c25-18(12-16-19-14(6-10-26-16)7-11-27-19)23-8-9-24-17(13-23)21-22-20(24)15-4-2-1-3-5-15/h1-5,7,11,16H,6,8-10,12-13H2. The second-order valence-corrected chi connectivity index (χ2v) is 7.84. The van der Waals surface area contributed by atoms with Crippen molar-refractivity contribution in [1.29, 1.82) is 0 Å². The fourth-order valence-electron chi connectivity index (χ4n) is 3.83. The van der Waals surface area contributed by atoms with Gasteiger partial charge in [-0.15, -0.1) is 21.5 Å². The summed E-state index contributed by atoms with van der Waals surface area (Å²) in [6.07, 6.45) is 1.23. The number of nitrogens with zero attached hydrogens (tertiary/aromatic N) is 4. The van der Waals surface area contributed by atoms with Crippen molar-refractivity contribution in [3.8, 4) is 11.4 Å². The number of ether oxygens (including phenoxy) is 1. The van der Waals surface area contributed by atoms with Gasteiger partial charge in [0.25, 0.3) is 0 Å². The molecule has 1 unspecified atom stereocenters. The van der Waals surface area contributed by atoms with Gasteiger partial charge in [0.2, 0.25) is 5.91 Å². The molecule has 3 aromatic rings. The number of amides is 1. The lowest BCUT2D eigenvalue weighted by molar-refractivity contribution is -0.136. The third-order valence-corrected chi connectivity index (χ3v) is 6.31. The Hall–Kier alpha value is -2.51. The predicted molar refractivity (Wildman–Crippen MR) is 102 cm³/mol. The first-order valence-electron chi connectivity index (χ1n) is 9.23. The fraction of sp³-hybridized carbons (Fsp3) is 0.350. The minimum absolute atomic E-state index is 0.110. The molecule has 0 N–H and O–H groups in total. The number of fused-ring (bicyclic) bond motifs is 2. The topological polar surface area (TPSA) is 60.2 Å². The van der Waals surface area contributed by atoms with Gasteiger partial charge in [0.1, 0.15) is 6.10 Å². The molecule has 2 aliphatic heterocycles. The Morgan fingerprint density at radius 3 is 2.96 bits per heavy atom. The van der Waals surface area contributed by atoms with Gasteiger partial charge in [-0.25, -0.2) is 0 Å². The third kappa shape index (κ3) is 3.07. The first-order chi connectivity index (χ1) is 13.3. The maximum atomic E-state index is 12.9. The highest BCUT2D eigenvalue weighted by Crippen LogP contribution is 2.34. The van der Waals surface area contributed by atoms with E-state index >= 15 is 0 Å². The van der Waals surface area contributed by atoms with Crippen LogP contribution in [-0.2, 0) is 29.0 Å². The Balaban J connectivity index is 1.31. The number of thiophene rings is 1. The maximum Gasteiger partial charge on any atom is 0.226 e. The van der Waals surface area contributed by atoms with Crippen LogP contribution < -0.4 is 0 Å². The van der Waals surface area contributed by atoms with Crippen molar-refractivity contribution in [1.82, 2.24) is 19.7 Å². The summed E-state index contributed by atoms with van der Waals surface area (Å²) in [5, 5.41) is 10.8. The molecule has 27 heavy (non-hydrogen) atoms. The predicted octanol–water partition coefficient (Wildman–Crippen LogP) is 3.05. The average molecular weight is 380 g/mol. The molecular formula is C20H20N4O2S. The van der Waals surface area contributed by atoms with Crippen LogP contribution in [0.3, 0.4) is 0 Å². The zero-order chi connectivity index (χ0) is 18.2. The summed E-state index contributed by atoms with van der Waals surface area (Å²) in [5.41, 5.74) is 2.38. The third-order valence-electron chi connectivity index (χ3n) is 5.26. The van der Waals surface area contributed by atoms with Gasteiger partial charge in [-0.2, -0.15) is 0 Å². The summed E-state index contributed by atoms with van der Waals surface area (Å²) in [7, 11) is 0. The molecule has 2 aromatic heterocycles. The fourth-order valence-corrected chi connectivity index (χ4v) is 4.84. The molecule has 1 amide bonds. The number of benzene rings is 1. The van der Waals surface area contributed by atoms with Crippen LogP contribution >= 0.6 is 11.3 Å². The molecule has 6 nitrogen and oxygen atoms in total. The Bertz CT molecular complexity index is 966. The van der Waals surface area contributed by atoms with Crippen molar-refractivity contribution < 1.29 is 9.53 Å². The lowest BCUT2D eigenvalue weighted by Crippen LogP contribution is -2.39. The molecule has 0 aliphatic carbocycles. The molecule has 1 aromatic carbocycles. The minimum Gasteiger partial charge on any atom is -0.372 e. The Morgan fingerprint density at radius 2 is 2.07 bits per heavy atom. The highest BCUT2D eigenvalue weighted by atomic mass is 32.1. The summed E-state index contributed by atoms with van der Waals surface area (Å²) in [6, 6.07) is 12.2. The molecule has 0 fully saturated rings. The van der Waals surface area contributed by atoms with Gasteiger partial charge in [-0.05, 0) is 23.4 Å². The summed E-state index contributed by atoms with van der Waals surface area (Å²) in [4.78, 5) is 16.0. The molecule has 0 saturated carbocycles. The minimum atomic E-state index is -0.110. The van der Waals surface area contributed by atoms with E-state index in [-0.39, 0.29) is 12.0 Å². The molecule has 138 valence electrons. The van der Waals surface area contributed by atoms with Crippen LogP contribution in [0.5, 0.6) is 0 Å². The maximum absolute atomic E-state index is 12.9. The van der Waals surface area contributed by atoms with Crippen LogP contribution in [0.2, 0.25) is 0 Å². The Morgan fingerprint density at radius 1 is 1.19 bits per heavy atom. The molecule has 5 rings (SSSR count). The molecule has 0 radical (unpaired) electrons. The Labute approximate surface area is 161 Å². The summed E-state index contributed by atoms with van der Waals surface area (Å²) < 4.78 is 8.00. The lowest BCUT2D eigenvalue weighted by atomic mass is 10.0. The van der Waals surface area contributed by atoms with Crippen LogP contribution in [0.4, 0.5) is 0 Å². The highest BCUT2D eigenvalue weighted by molar-refractivity contribution is 7.10. The average Bonchev–Trinajstić information content (AvgIpc) is 3.35. The number of carbonyl (C=O) groups excluding carboxylic acids is 1. The van der Waals surface area contributed by atoms with E-state index in [2.05, 4.69) is 26.2 Å². The van der Waals surface area contributed by atoms with Crippen LogP contribution in [-0.4, -0.2) is 38.7 Å². The largest absolute Gasteiger partial charge is 0.372 e. The zero-order valence-electron chi connectivity index (χ0n) is 14.9. The van der Waals surface area contributed by atoms with Gasteiger partial charge in [0.15, 0.2) is 11.6 Å². The van der Waals surface area contributed by atoms with E-state index < -0.39 is 0 Å². The van der Waals surface area contributed by atoms with Gasteiger partial charge >= 0.3 is 0 Å². The van der Waals surface area contributed by atoms with Crippen molar-refractivity contribution in [3.63, 3.8) is 0 Å². The number of aromatic nitrogens is 3. The van der Waals surface area contributed by atoms with E-state index in [1.54, 1.807) is 11.3 Å². The van der Waals surface area contributed by atoms with Gasteiger partial charge in [0.05, 0.1) is 19.6 Å². The van der Waals surface area contributed by atoms with E-state index in [0.29, 0.717) is 32.7 Å². The number of rotatable bonds is 3. The smallest absolute Gasteiger partial charge is 0.226 e. The SMILES string of the molecule is O=C(CC1OCCc2ccsc21)N1CCn2c(nnc2-c2ccccc2)C1. The van der Waals surface area contributed by atoms with E-state index in [0.717, 1.165) is 23.6 Å². The van der Waals surface area contributed by atoms with Crippen molar-refractivity contribution in [2.45, 2.75) is 32.0 Å². The second-order valence-electron chi connectivity index (χ2n) is 6.90. The first kappa shape index (κ1) is 16.6. The van der Waals surface area contributed by atoms with Gasteiger partial charge in [-0.1, -0.05) is 30.3 Å². The molecule has 0 spiro atoms.